The lowest BCUT2D eigenvalue weighted by molar-refractivity contribution is -0.145. The van der Waals surface area contributed by atoms with E-state index in [9.17, 15) is 18.0 Å². The van der Waals surface area contributed by atoms with Crippen molar-refractivity contribution in [1.29, 1.82) is 0 Å². The number of anilines is 1. The van der Waals surface area contributed by atoms with Gasteiger partial charge in [0.05, 0.1) is 5.92 Å². The summed E-state index contributed by atoms with van der Waals surface area (Å²) in [6.07, 6.45) is -0.954. The molecule has 1 aliphatic rings. The normalized spacial score (nSPS) is 20.0. The first-order chi connectivity index (χ1) is 11.8. The van der Waals surface area contributed by atoms with Crippen molar-refractivity contribution in [3.8, 4) is 11.4 Å². The number of rotatable bonds is 4. The Hall–Kier alpha value is -2.71. The molecule has 1 fully saturated rings. The van der Waals surface area contributed by atoms with Crippen molar-refractivity contribution in [2.24, 2.45) is 5.92 Å². The summed E-state index contributed by atoms with van der Waals surface area (Å²) >= 11 is 0. The van der Waals surface area contributed by atoms with Crippen molar-refractivity contribution in [3.63, 3.8) is 0 Å². The Labute approximate surface area is 141 Å². The number of aromatic nitrogens is 3. The van der Waals surface area contributed by atoms with E-state index in [1.165, 1.54) is 24.5 Å². The van der Waals surface area contributed by atoms with E-state index in [2.05, 4.69) is 15.0 Å². The van der Waals surface area contributed by atoms with Crippen LogP contribution in [-0.4, -0.2) is 39.1 Å². The van der Waals surface area contributed by atoms with Crippen LogP contribution in [0.2, 0.25) is 0 Å². The molecule has 2 heterocycles. The highest BCUT2D eigenvalue weighted by Gasteiger charge is 2.39. The van der Waals surface area contributed by atoms with Crippen molar-refractivity contribution in [2.45, 2.75) is 25.1 Å². The summed E-state index contributed by atoms with van der Waals surface area (Å²) in [4.78, 5) is 24.2. The van der Waals surface area contributed by atoms with Crippen molar-refractivity contribution in [1.82, 2.24) is 15.0 Å². The first kappa shape index (κ1) is 17.1. The molecule has 9 heteroatoms. The average molecular weight is 352 g/mol. The molecule has 25 heavy (non-hydrogen) atoms. The molecule has 132 valence electrons. The SMILES string of the molecule is CN(c1cc(C(F)(F)F)nc(-c2ccncc2)n1)C1CC(C(=O)O)C1. The minimum atomic E-state index is -4.61. The monoisotopic (exact) mass is 352 g/mol. The average Bonchev–Trinajstić information content (AvgIpc) is 2.52. The van der Waals surface area contributed by atoms with Gasteiger partial charge in [-0.25, -0.2) is 9.97 Å². The molecule has 1 aliphatic carbocycles. The summed E-state index contributed by atoms with van der Waals surface area (Å²) in [6.45, 7) is 0. The third-order valence-electron chi connectivity index (χ3n) is 4.31. The number of hydrogen-bond donors (Lipinski definition) is 1. The van der Waals surface area contributed by atoms with Crippen LogP contribution in [-0.2, 0) is 11.0 Å². The summed E-state index contributed by atoms with van der Waals surface area (Å²) in [5.74, 6) is -1.28. The Morgan fingerprint density at radius 2 is 1.88 bits per heavy atom. The number of halogens is 3. The standard InChI is InChI=1S/C16H15F3N4O2/c1-23(11-6-10(7-11)15(24)25)13-8-12(16(17,18)19)21-14(22-13)9-2-4-20-5-3-9/h2-5,8,10-11H,6-7H2,1H3,(H,24,25). The third kappa shape index (κ3) is 3.54. The van der Waals surface area contributed by atoms with Gasteiger partial charge >= 0.3 is 12.1 Å². The van der Waals surface area contributed by atoms with Crippen molar-refractivity contribution in [2.75, 3.05) is 11.9 Å². The van der Waals surface area contributed by atoms with Crippen LogP contribution < -0.4 is 4.90 Å². The molecule has 0 atom stereocenters. The molecule has 0 bridgehead atoms. The fourth-order valence-electron chi connectivity index (χ4n) is 2.68. The maximum Gasteiger partial charge on any atom is 0.433 e. The largest absolute Gasteiger partial charge is 0.481 e. The number of carboxylic acid groups (broad SMARTS) is 1. The Kier molecular flexibility index (Phi) is 4.32. The summed E-state index contributed by atoms with van der Waals surface area (Å²) in [5, 5.41) is 8.95. The van der Waals surface area contributed by atoms with Gasteiger partial charge in [-0.2, -0.15) is 13.2 Å². The van der Waals surface area contributed by atoms with Crippen LogP contribution in [0.3, 0.4) is 0 Å². The highest BCUT2D eigenvalue weighted by Crippen LogP contribution is 2.36. The Morgan fingerprint density at radius 3 is 2.44 bits per heavy atom. The molecule has 0 radical (unpaired) electrons. The van der Waals surface area contributed by atoms with E-state index >= 15 is 0 Å². The fourth-order valence-corrected chi connectivity index (χ4v) is 2.68. The van der Waals surface area contributed by atoms with E-state index in [0.717, 1.165) is 6.07 Å². The van der Waals surface area contributed by atoms with Gasteiger partial charge in [0.25, 0.3) is 0 Å². The van der Waals surface area contributed by atoms with Crippen LogP contribution in [0.1, 0.15) is 18.5 Å². The van der Waals surface area contributed by atoms with E-state index in [0.29, 0.717) is 18.4 Å². The van der Waals surface area contributed by atoms with Crippen molar-refractivity contribution < 1.29 is 23.1 Å². The number of hydrogen-bond acceptors (Lipinski definition) is 5. The van der Waals surface area contributed by atoms with Gasteiger partial charge in [-0.05, 0) is 25.0 Å². The molecule has 0 unspecified atom stereocenters. The smallest absolute Gasteiger partial charge is 0.433 e. The predicted octanol–water partition coefficient (Wildman–Crippen LogP) is 2.86. The Bertz CT molecular complexity index is 777. The number of carboxylic acids is 1. The molecule has 0 aliphatic heterocycles. The number of pyridine rings is 1. The first-order valence-corrected chi connectivity index (χ1v) is 7.58. The molecular weight excluding hydrogens is 337 g/mol. The minimum absolute atomic E-state index is 0.0480. The van der Waals surface area contributed by atoms with Crippen LogP contribution in [0.25, 0.3) is 11.4 Å². The van der Waals surface area contributed by atoms with Crippen molar-refractivity contribution >= 4 is 11.8 Å². The van der Waals surface area contributed by atoms with E-state index in [4.69, 9.17) is 5.11 Å². The highest BCUT2D eigenvalue weighted by molar-refractivity contribution is 5.71. The zero-order valence-electron chi connectivity index (χ0n) is 13.2. The molecule has 1 saturated carbocycles. The van der Waals surface area contributed by atoms with Gasteiger partial charge in [0.2, 0.25) is 0 Å². The lowest BCUT2D eigenvalue weighted by Crippen LogP contribution is -2.45. The third-order valence-corrected chi connectivity index (χ3v) is 4.31. The van der Waals surface area contributed by atoms with Gasteiger partial charge in [0, 0.05) is 37.1 Å². The van der Waals surface area contributed by atoms with Crippen LogP contribution in [0.15, 0.2) is 30.6 Å². The number of nitrogens with zero attached hydrogens (tertiary/aromatic N) is 4. The number of carbonyl (C=O) groups is 1. The summed E-state index contributed by atoms with van der Waals surface area (Å²) in [6, 6.07) is 3.78. The summed E-state index contributed by atoms with van der Waals surface area (Å²) in [7, 11) is 1.61. The Morgan fingerprint density at radius 1 is 1.24 bits per heavy atom. The van der Waals surface area contributed by atoms with E-state index < -0.39 is 23.8 Å². The fraction of sp³-hybridized carbons (Fsp3) is 0.375. The van der Waals surface area contributed by atoms with Gasteiger partial charge in [0.15, 0.2) is 11.5 Å². The van der Waals surface area contributed by atoms with E-state index in [1.54, 1.807) is 11.9 Å². The maximum atomic E-state index is 13.2. The van der Waals surface area contributed by atoms with E-state index in [-0.39, 0.29) is 17.7 Å². The molecule has 0 saturated heterocycles. The van der Waals surface area contributed by atoms with E-state index in [1.807, 2.05) is 0 Å². The maximum absolute atomic E-state index is 13.2. The minimum Gasteiger partial charge on any atom is -0.481 e. The van der Waals surface area contributed by atoms with Crippen LogP contribution in [0.5, 0.6) is 0 Å². The summed E-state index contributed by atoms with van der Waals surface area (Å²) in [5.41, 5.74) is -0.613. The molecule has 0 spiro atoms. The zero-order valence-corrected chi connectivity index (χ0v) is 13.2. The van der Waals surface area contributed by atoms with Crippen LogP contribution in [0, 0.1) is 5.92 Å². The molecule has 1 N–H and O–H groups in total. The zero-order chi connectivity index (χ0) is 18.2. The lowest BCUT2D eigenvalue weighted by atomic mass is 9.79. The van der Waals surface area contributed by atoms with Gasteiger partial charge in [0.1, 0.15) is 5.82 Å². The van der Waals surface area contributed by atoms with Crippen LogP contribution >= 0.6 is 0 Å². The second-order valence-corrected chi connectivity index (χ2v) is 5.94. The number of alkyl halides is 3. The van der Waals surface area contributed by atoms with Crippen LogP contribution in [0.4, 0.5) is 19.0 Å². The topological polar surface area (TPSA) is 79.2 Å². The quantitative estimate of drug-likeness (QED) is 0.912. The van der Waals surface area contributed by atoms with Crippen molar-refractivity contribution in [3.05, 3.63) is 36.3 Å². The molecule has 0 amide bonds. The second-order valence-electron chi connectivity index (χ2n) is 5.94. The first-order valence-electron chi connectivity index (χ1n) is 7.58. The second kappa shape index (κ2) is 6.30. The molecule has 6 nitrogen and oxygen atoms in total. The lowest BCUT2D eigenvalue weighted by Gasteiger charge is -2.39. The molecule has 2 aromatic heterocycles. The number of aliphatic carboxylic acids is 1. The molecular formula is C16H15F3N4O2. The van der Waals surface area contributed by atoms with Gasteiger partial charge < -0.3 is 10.0 Å². The summed E-state index contributed by atoms with van der Waals surface area (Å²) < 4.78 is 39.6. The van der Waals surface area contributed by atoms with Gasteiger partial charge in [-0.3, -0.25) is 9.78 Å². The molecule has 2 aromatic rings. The predicted molar refractivity (Wildman–Crippen MR) is 82.8 cm³/mol. The Balaban J connectivity index is 1.94. The molecule has 0 aromatic carbocycles. The van der Waals surface area contributed by atoms with Gasteiger partial charge in [-0.1, -0.05) is 0 Å². The van der Waals surface area contributed by atoms with Gasteiger partial charge in [-0.15, -0.1) is 0 Å². The highest BCUT2D eigenvalue weighted by atomic mass is 19.4. The molecule has 3 rings (SSSR count).